The van der Waals surface area contributed by atoms with E-state index in [9.17, 15) is 0 Å². The standard InChI is InChI=1S/C12H18ClN3O/c1-2-10-11(13)14-9-15-12(10)17-8-7-16-5-3-4-6-16/h9H,2-8H2,1H3. The van der Waals surface area contributed by atoms with Crippen LogP contribution >= 0.6 is 11.6 Å². The van der Waals surface area contributed by atoms with Gasteiger partial charge < -0.3 is 4.74 Å². The molecule has 0 radical (unpaired) electrons. The Kier molecular flexibility index (Phi) is 4.57. The first-order valence-corrected chi connectivity index (χ1v) is 6.53. The molecule has 1 aromatic rings. The van der Waals surface area contributed by atoms with E-state index in [-0.39, 0.29) is 0 Å². The van der Waals surface area contributed by atoms with Gasteiger partial charge in [0.2, 0.25) is 5.88 Å². The Balaban J connectivity index is 1.87. The van der Waals surface area contributed by atoms with E-state index in [2.05, 4.69) is 14.9 Å². The maximum Gasteiger partial charge on any atom is 0.221 e. The van der Waals surface area contributed by atoms with Crippen molar-refractivity contribution in [3.05, 3.63) is 17.0 Å². The largest absolute Gasteiger partial charge is 0.476 e. The summed E-state index contributed by atoms with van der Waals surface area (Å²) < 4.78 is 5.69. The summed E-state index contributed by atoms with van der Waals surface area (Å²) in [5, 5.41) is 0.499. The zero-order valence-corrected chi connectivity index (χ0v) is 10.9. The molecule has 0 aromatic carbocycles. The second-order valence-corrected chi connectivity index (χ2v) is 4.56. The smallest absolute Gasteiger partial charge is 0.221 e. The van der Waals surface area contributed by atoms with Crippen LogP contribution < -0.4 is 4.74 Å². The third-order valence-corrected chi connectivity index (χ3v) is 3.38. The van der Waals surface area contributed by atoms with E-state index in [4.69, 9.17) is 16.3 Å². The summed E-state index contributed by atoms with van der Waals surface area (Å²) in [5.74, 6) is 0.631. The monoisotopic (exact) mass is 255 g/mol. The Morgan fingerprint density at radius 3 is 2.82 bits per heavy atom. The topological polar surface area (TPSA) is 38.3 Å². The van der Waals surface area contributed by atoms with Crippen molar-refractivity contribution in [2.75, 3.05) is 26.2 Å². The zero-order chi connectivity index (χ0) is 12.1. The second-order valence-electron chi connectivity index (χ2n) is 4.20. The number of halogens is 1. The molecule has 1 aromatic heterocycles. The van der Waals surface area contributed by atoms with E-state index < -0.39 is 0 Å². The molecular formula is C12H18ClN3O. The highest BCUT2D eigenvalue weighted by Gasteiger charge is 2.12. The van der Waals surface area contributed by atoms with Crippen molar-refractivity contribution >= 4 is 11.6 Å². The predicted molar refractivity (Wildman–Crippen MR) is 67.6 cm³/mol. The number of ether oxygens (including phenoxy) is 1. The third-order valence-electron chi connectivity index (χ3n) is 3.05. The lowest BCUT2D eigenvalue weighted by Gasteiger charge is -2.15. The molecule has 0 saturated carbocycles. The highest BCUT2D eigenvalue weighted by molar-refractivity contribution is 6.30. The molecule has 4 nitrogen and oxygen atoms in total. The molecule has 17 heavy (non-hydrogen) atoms. The van der Waals surface area contributed by atoms with Gasteiger partial charge in [-0.2, -0.15) is 0 Å². The first-order valence-electron chi connectivity index (χ1n) is 6.15. The summed E-state index contributed by atoms with van der Waals surface area (Å²) in [5.41, 5.74) is 0.899. The van der Waals surface area contributed by atoms with Crippen molar-refractivity contribution in [1.29, 1.82) is 0 Å². The van der Waals surface area contributed by atoms with Crippen molar-refractivity contribution in [2.45, 2.75) is 26.2 Å². The van der Waals surface area contributed by atoms with Crippen LogP contribution in [-0.2, 0) is 6.42 Å². The maximum atomic E-state index is 5.99. The fourth-order valence-electron chi connectivity index (χ4n) is 2.08. The molecule has 0 spiro atoms. The molecular weight excluding hydrogens is 238 g/mol. The highest BCUT2D eigenvalue weighted by atomic mass is 35.5. The van der Waals surface area contributed by atoms with Gasteiger partial charge in [0.15, 0.2) is 0 Å². The molecule has 2 rings (SSSR count). The second kappa shape index (κ2) is 6.17. The highest BCUT2D eigenvalue weighted by Crippen LogP contribution is 2.22. The van der Waals surface area contributed by atoms with E-state index in [1.807, 2.05) is 6.92 Å². The van der Waals surface area contributed by atoms with E-state index >= 15 is 0 Å². The first kappa shape index (κ1) is 12.6. The number of nitrogens with zero attached hydrogens (tertiary/aromatic N) is 3. The number of likely N-dealkylation sites (tertiary alicyclic amines) is 1. The molecule has 2 heterocycles. The van der Waals surface area contributed by atoms with Crippen molar-refractivity contribution in [2.24, 2.45) is 0 Å². The minimum absolute atomic E-state index is 0.499. The molecule has 0 aliphatic carbocycles. The lowest BCUT2D eigenvalue weighted by atomic mass is 10.2. The van der Waals surface area contributed by atoms with Gasteiger partial charge in [0.1, 0.15) is 18.1 Å². The number of aromatic nitrogens is 2. The zero-order valence-electron chi connectivity index (χ0n) is 10.2. The molecule has 1 fully saturated rings. The Morgan fingerprint density at radius 2 is 2.12 bits per heavy atom. The van der Waals surface area contributed by atoms with Crippen LogP contribution in [0.4, 0.5) is 0 Å². The molecule has 0 atom stereocenters. The Hall–Kier alpha value is -0.870. The van der Waals surface area contributed by atoms with E-state index in [1.54, 1.807) is 0 Å². The Labute approximate surface area is 107 Å². The summed E-state index contributed by atoms with van der Waals surface area (Å²) >= 11 is 5.99. The molecule has 1 saturated heterocycles. The minimum atomic E-state index is 0.499. The quantitative estimate of drug-likeness (QED) is 0.756. The van der Waals surface area contributed by atoms with E-state index in [1.165, 1.54) is 32.3 Å². The first-order chi connectivity index (χ1) is 8.31. The summed E-state index contributed by atoms with van der Waals surface area (Å²) in [6.07, 6.45) is 4.85. The molecule has 0 unspecified atom stereocenters. The van der Waals surface area contributed by atoms with Crippen LogP contribution in [0, 0.1) is 0 Å². The van der Waals surface area contributed by atoms with Gasteiger partial charge in [0, 0.05) is 6.54 Å². The third kappa shape index (κ3) is 3.30. The fourth-order valence-corrected chi connectivity index (χ4v) is 2.33. The van der Waals surface area contributed by atoms with Crippen LogP contribution in [0.5, 0.6) is 5.88 Å². The van der Waals surface area contributed by atoms with Gasteiger partial charge in [0.25, 0.3) is 0 Å². The molecule has 0 N–H and O–H groups in total. The summed E-state index contributed by atoms with van der Waals surface area (Å²) in [6, 6.07) is 0. The number of rotatable bonds is 5. The number of hydrogen-bond acceptors (Lipinski definition) is 4. The van der Waals surface area contributed by atoms with Crippen molar-refractivity contribution in [3.63, 3.8) is 0 Å². The van der Waals surface area contributed by atoms with Crippen molar-refractivity contribution < 1.29 is 4.74 Å². The molecule has 5 heteroatoms. The average molecular weight is 256 g/mol. The molecule has 0 bridgehead atoms. The van der Waals surface area contributed by atoms with E-state index in [0.29, 0.717) is 17.6 Å². The predicted octanol–water partition coefficient (Wildman–Crippen LogP) is 2.17. The van der Waals surface area contributed by atoms with Crippen LogP contribution in [0.2, 0.25) is 5.15 Å². The van der Waals surface area contributed by atoms with Crippen LogP contribution in [0.3, 0.4) is 0 Å². The molecule has 1 aliphatic heterocycles. The van der Waals surface area contributed by atoms with Crippen LogP contribution in [0.1, 0.15) is 25.3 Å². The van der Waals surface area contributed by atoms with Crippen LogP contribution in [0.25, 0.3) is 0 Å². The van der Waals surface area contributed by atoms with Crippen molar-refractivity contribution in [1.82, 2.24) is 14.9 Å². The maximum absolute atomic E-state index is 5.99. The number of hydrogen-bond donors (Lipinski definition) is 0. The molecule has 0 amide bonds. The SMILES string of the molecule is CCc1c(Cl)ncnc1OCCN1CCCC1. The van der Waals surface area contributed by atoms with Gasteiger partial charge in [0.05, 0.1) is 5.56 Å². The summed E-state index contributed by atoms with van der Waals surface area (Å²) in [7, 11) is 0. The van der Waals surface area contributed by atoms with Gasteiger partial charge in [-0.15, -0.1) is 0 Å². The van der Waals surface area contributed by atoms with Gasteiger partial charge in [-0.25, -0.2) is 9.97 Å². The van der Waals surface area contributed by atoms with Gasteiger partial charge in [-0.1, -0.05) is 18.5 Å². The van der Waals surface area contributed by atoms with E-state index in [0.717, 1.165) is 18.5 Å². The van der Waals surface area contributed by atoms with Gasteiger partial charge >= 0.3 is 0 Å². The fraction of sp³-hybridized carbons (Fsp3) is 0.667. The average Bonchev–Trinajstić information content (AvgIpc) is 2.82. The normalized spacial score (nSPS) is 16.4. The molecule has 94 valence electrons. The Morgan fingerprint density at radius 1 is 1.35 bits per heavy atom. The summed E-state index contributed by atoms with van der Waals surface area (Å²) in [4.78, 5) is 10.5. The minimum Gasteiger partial charge on any atom is -0.476 e. The van der Waals surface area contributed by atoms with Gasteiger partial charge in [-0.3, -0.25) is 4.90 Å². The van der Waals surface area contributed by atoms with Crippen LogP contribution in [0.15, 0.2) is 6.33 Å². The Bertz CT molecular complexity index is 367. The van der Waals surface area contributed by atoms with Gasteiger partial charge in [-0.05, 0) is 32.4 Å². The molecule has 1 aliphatic rings. The lowest BCUT2D eigenvalue weighted by molar-refractivity contribution is 0.230. The summed E-state index contributed by atoms with van der Waals surface area (Å²) in [6.45, 7) is 6.03. The van der Waals surface area contributed by atoms with Crippen molar-refractivity contribution in [3.8, 4) is 5.88 Å². The lowest BCUT2D eigenvalue weighted by Crippen LogP contribution is -2.25. The van der Waals surface area contributed by atoms with Crippen LogP contribution in [-0.4, -0.2) is 41.1 Å².